The first-order chi connectivity index (χ1) is 9.49. The van der Waals surface area contributed by atoms with Gasteiger partial charge in [0.25, 0.3) is 0 Å². The number of halogens is 3. The van der Waals surface area contributed by atoms with Gasteiger partial charge >= 0.3 is 6.18 Å². The van der Waals surface area contributed by atoms with Gasteiger partial charge in [0.05, 0.1) is 23.8 Å². The minimum absolute atomic E-state index is 0.108. The summed E-state index contributed by atoms with van der Waals surface area (Å²) in [5.41, 5.74) is 0.646. The number of furan rings is 1. The fraction of sp³-hybridized carbons (Fsp3) is 0.143. The molecule has 0 unspecified atom stereocenters. The summed E-state index contributed by atoms with van der Waals surface area (Å²) in [5, 5.41) is 0. The van der Waals surface area contributed by atoms with Gasteiger partial charge in [-0.15, -0.1) is 0 Å². The molecule has 0 spiro atoms. The molecule has 0 aliphatic rings. The zero-order chi connectivity index (χ0) is 14.3. The van der Waals surface area contributed by atoms with E-state index in [1.54, 1.807) is 18.5 Å². The minimum Gasteiger partial charge on any atom is -0.472 e. The average molecular weight is 279 g/mol. The molecule has 3 rings (SSSR count). The van der Waals surface area contributed by atoms with Gasteiger partial charge < -0.3 is 8.82 Å². The second-order valence-electron chi connectivity index (χ2n) is 4.37. The van der Waals surface area contributed by atoms with Crippen LogP contribution >= 0.6 is 0 Å². The number of hydrogen-bond acceptors (Lipinski definition) is 2. The maximum atomic E-state index is 13.2. The molecule has 0 aromatic carbocycles. The quantitative estimate of drug-likeness (QED) is 0.710. The highest BCUT2D eigenvalue weighted by molar-refractivity contribution is 5.67. The summed E-state index contributed by atoms with van der Waals surface area (Å²) in [5.74, 6) is 0. The fourth-order valence-corrected chi connectivity index (χ4v) is 2.06. The third-order valence-electron chi connectivity index (χ3n) is 3.02. The van der Waals surface area contributed by atoms with Crippen molar-refractivity contribution in [1.82, 2.24) is 9.38 Å². The van der Waals surface area contributed by atoms with Crippen molar-refractivity contribution in [2.75, 3.05) is 0 Å². The molecule has 0 atom stereocenters. The fourth-order valence-electron chi connectivity index (χ4n) is 2.06. The Kier molecular flexibility index (Phi) is 2.81. The Morgan fingerprint density at radius 1 is 1.25 bits per heavy atom. The zero-order valence-corrected chi connectivity index (χ0v) is 10.3. The molecule has 0 aliphatic heterocycles. The third-order valence-corrected chi connectivity index (χ3v) is 3.02. The normalized spacial score (nSPS) is 12.2. The summed E-state index contributed by atoms with van der Waals surface area (Å²) in [6.45, 7) is 3.64. The van der Waals surface area contributed by atoms with Crippen LogP contribution in [0.15, 0.2) is 41.5 Å². The monoisotopic (exact) mass is 279 g/mol. The van der Waals surface area contributed by atoms with Gasteiger partial charge in [0.1, 0.15) is 5.65 Å². The molecule has 0 amide bonds. The lowest BCUT2D eigenvalue weighted by molar-refractivity contribution is -0.136. The highest BCUT2D eigenvalue weighted by Crippen LogP contribution is 2.35. The molecule has 0 bridgehead atoms. The lowest BCUT2D eigenvalue weighted by Crippen LogP contribution is -2.08. The molecule has 20 heavy (non-hydrogen) atoms. The molecule has 1 radical (unpaired) electrons. The summed E-state index contributed by atoms with van der Waals surface area (Å²) in [6, 6.07) is 2.70. The van der Waals surface area contributed by atoms with Gasteiger partial charge in [-0.2, -0.15) is 13.2 Å². The summed E-state index contributed by atoms with van der Waals surface area (Å²) >= 11 is 0. The number of nitrogens with zero attached hydrogens (tertiary/aromatic N) is 2. The molecule has 103 valence electrons. The molecule has 3 nitrogen and oxygen atoms in total. The van der Waals surface area contributed by atoms with Crippen LogP contribution in [0.2, 0.25) is 0 Å². The third kappa shape index (κ3) is 2.07. The first-order valence-corrected chi connectivity index (χ1v) is 5.89. The molecule has 3 heterocycles. The van der Waals surface area contributed by atoms with Crippen LogP contribution in [0.5, 0.6) is 0 Å². The summed E-state index contributed by atoms with van der Waals surface area (Å²) < 4.78 is 45.8. The van der Waals surface area contributed by atoms with E-state index in [0.717, 1.165) is 6.07 Å². The summed E-state index contributed by atoms with van der Waals surface area (Å²) in [6.07, 6.45) is 1.84. The number of imidazole rings is 1. The lowest BCUT2D eigenvalue weighted by atomic mass is 10.1. The van der Waals surface area contributed by atoms with Gasteiger partial charge in [-0.05, 0) is 25.5 Å². The SMILES string of the molecule is [CH2]Cc1cn2cc(-c3ccoc3)cc(C(F)(F)F)c2n1. The number of alkyl halides is 3. The van der Waals surface area contributed by atoms with E-state index >= 15 is 0 Å². The summed E-state index contributed by atoms with van der Waals surface area (Å²) in [7, 11) is 0. The van der Waals surface area contributed by atoms with Gasteiger partial charge in [-0.25, -0.2) is 4.98 Å². The van der Waals surface area contributed by atoms with Crippen LogP contribution in [0, 0.1) is 6.92 Å². The second-order valence-corrected chi connectivity index (χ2v) is 4.37. The first-order valence-electron chi connectivity index (χ1n) is 5.89. The van der Waals surface area contributed by atoms with Crippen LogP contribution in [0.1, 0.15) is 11.3 Å². The molecule has 3 aromatic heterocycles. The van der Waals surface area contributed by atoms with Crippen molar-refractivity contribution in [2.24, 2.45) is 0 Å². The van der Waals surface area contributed by atoms with Gasteiger partial charge in [0, 0.05) is 23.5 Å². The largest absolute Gasteiger partial charge is 0.472 e. The molecular formula is C14H10F3N2O. The maximum absolute atomic E-state index is 13.2. The van der Waals surface area contributed by atoms with Gasteiger partial charge in [-0.1, -0.05) is 0 Å². The highest BCUT2D eigenvalue weighted by Gasteiger charge is 2.34. The van der Waals surface area contributed by atoms with E-state index in [1.165, 1.54) is 16.9 Å². The Balaban J connectivity index is 2.30. The molecule has 0 N–H and O–H groups in total. The lowest BCUT2D eigenvalue weighted by Gasteiger charge is -2.10. The molecule has 3 aromatic rings. The Morgan fingerprint density at radius 2 is 2.05 bits per heavy atom. The van der Waals surface area contributed by atoms with E-state index in [-0.39, 0.29) is 5.65 Å². The molecule has 0 fully saturated rings. The Labute approximate surface area is 112 Å². The van der Waals surface area contributed by atoms with Crippen molar-refractivity contribution in [3.63, 3.8) is 0 Å². The van der Waals surface area contributed by atoms with Crippen molar-refractivity contribution in [3.05, 3.63) is 55.2 Å². The Bertz CT molecular complexity index is 742. The standard InChI is InChI=1S/C14H10F3N2O/c1-2-11-7-19-6-10(9-3-4-20-8-9)5-12(13(19)18-11)14(15,16)17/h3-8H,1-2H2. The van der Waals surface area contributed by atoms with Crippen molar-refractivity contribution in [2.45, 2.75) is 12.6 Å². The predicted molar refractivity (Wildman–Crippen MR) is 67.0 cm³/mol. The summed E-state index contributed by atoms with van der Waals surface area (Å²) in [4.78, 5) is 3.98. The molecule has 0 aliphatic carbocycles. The highest BCUT2D eigenvalue weighted by atomic mass is 19.4. The first kappa shape index (κ1) is 12.8. The average Bonchev–Trinajstić information content (AvgIpc) is 3.04. The molecule has 0 saturated carbocycles. The van der Waals surface area contributed by atoms with Gasteiger partial charge in [0.15, 0.2) is 0 Å². The topological polar surface area (TPSA) is 30.4 Å². The maximum Gasteiger partial charge on any atom is 0.420 e. The van der Waals surface area contributed by atoms with Crippen LogP contribution in [0.25, 0.3) is 16.8 Å². The van der Waals surface area contributed by atoms with E-state index in [4.69, 9.17) is 4.42 Å². The molecular weight excluding hydrogens is 269 g/mol. The second kappa shape index (κ2) is 4.40. The van der Waals surface area contributed by atoms with E-state index in [2.05, 4.69) is 11.9 Å². The molecule has 6 heteroatoms. The molecule has 0 saturated heterocycles. The van der Waals surface area contributed by atoms with E-state index in [9.17, 15) is 13.2 Å². The van der Waals surface area contributed by atoms with Gasteiger partial charge in [-0.3, -0.25) is 0 Å². The van der Waals surface area contributed by atoms with Crippen LogP contribution in [0.4, 0.5) is 13.2 Å². The predicted octanol–water partition coefficient (Wildman–Crippen LogP) is 3.99. The number of aromatic nitrogens is 2. The number of pyridine rings is 1. The van der Waals surface area contributed by atoms with Crippen LogP contribution in [-0.4, -0.2) is 9.38 Å². The van der Waals surface area contributed by atoms with Crippen molar-refractivity contribution >= 4 is 5.65 Å². The van der Waals surface area contributed by atoms with Crippen molar-refractivity contribution < 1.29 is 17.6 Å². The van der Waals surface area contributed by atoms with Crippen LogP contribution in [-0.2, 0) is 12.6 Å². The number of fused-ring (bicyclic) bond motifs is 1. The van der Waals surface area contributed by atoms with Crippen molar-refractivity contribution in [3.8, 4) is 11.1 Å². The van der Waals surface area contributed by atoms with E-state index in [0.29, 0.717) is 23.2 Å². The van der Waals surface area contributed by atoms with Crippen LogP contribution < -0.4 is 0 Å². The number of rotatable bonds is 2. The van der Waals surface area contributed by atoms with Crippen molar-refractivity contribution in [1.29, 1.82) is 0 Å². The van der Waals surface area contributed by atoms with Gasteiger partial charge in [0.2, 0.25) is 0 Å². The Morgan fingerprint density at radius 3 is 2.65 bits per heavy atom. The zero-order valence-electron chi connectivity index (χ0n) is 10.3. The van der Waals surface area contributed by atoms with Crippen LogP contribution in [0.3, 0.4) is 0 Å². The smallest absolute Gasteiger partial charge is 0.420 e. The Hall–Kier alpha value is -2.24. The number of hydrogen-bond donors (Lipinski definition) is 0. The van der Waals surface area contributed by atoms with E-state index < -0.39 is 11.7 Å². The minimum atomic E-state index is -4.47. The van der Waals surface area contributed by atoms with E-state index in [1.807, 2.05) is 0 Å².